The Bertz CT molecular complexity index is 1170. The van der Waals surface area contributed by atoms with E-state index < -0.39 is 29.2 Å². The van der Waals surface area contributed by atoms with Crippen molar-refractivity contribution in [2.24, 2.45) is 0 Å². The number of nitrogens with zero attached hydrogens (tertiary/aromatic N) is 2. The smallest absolute Gasteiger partial charge is 0.278 e. The average Bonchev–Trinajstić information content (AvgIpc) is 3.26. The van der Waals surface area contributed by atoms with E-state index in [1.54, 1.807) is 0 Å². The van der Waals surface area contributed by atoms with Gasteiger partial charge in [-0.15, -0.1) is 0 Å². The molecule has 4 rings (SSSR count). The second kappa shape index (κ2) is 7.45. The number of aromatic nitrogens is 2. The summed E-state index contributed by atoms with van der Waals surface area (Å²) in [6.45, 7) is 0. The Balaban J connectivity index is 1.71. The standard InChI is InChI=1S/C20H12F4N4OS/c21-13-7-5-11(6-8-13)17-12(10-26-27-17)9-16-18(29)28(19(25)30-16)15-4-2-1-3-14(15)20(22,23)24/h1-10,25H,(H,26,27). The van der Waals surface area contributed by atoms with Crippen molar-refractivity contribution in [3.8, 4) is 11.3 Å². The van der Waals surface area contributed by atoms with E-state index in [1.165, 1.54) is 48.7 Å². The Morgan fingerprint density at radius 1 is 1.10 bits per heavy atom. The number of para-hydroxylation sites is 1. The monoisotopic (exact) mass is 432 g/mol. The molecule has 30 heavy (non-hydrogen) atoms. The van der Waals surface area contributed by atoms with Crippen LogP contribution in [0.15, 0.2) is 59.6 Å². The van der Waals surface area contributed by atoms with Crippen LogP contribution < -0.4 is 4.90 Å². The molecule has 1 aliphatic rings. The summed E-state index contributed by atoms with van der Waals surface area (Å²) in [4.78, 5) is 13.7. The van der Waals surface area contributed by atoms with Gasteiger partial charge in [-0.25, -0.2) is 4.39 Å². The van der Waals surface area contributed by atoms with Crippen LogP contribution in [0.1, 0.15) is 11.1 Å². The van der Waals surface area contributed by atoms with Crippen LogP contribution in [0.3, 0.4) is 0 Å². The van der Waals surface area contributed by atoms with Crippen LogP contribution in [0.25, 0.3) is 17.3 Å². The zero-order chi connectivity index (χ0) is 21.5. The zero-order valence-electron chi connectivity index (χ0n) is 15.0. The number of aromatic amines is 1. The summed E-state index contributed by atoms with van der Waals surface area (Å²) in [6.07, 6.45) is -1.79. The van der Waals surface area contributed by atoms with Crippen LogP contribution in [-0.2, 0) is 11.0 Å². The molecule has 1 saturated heterocycles. The van der Waals surface area contributed by atoms with Crippen molar-refractivity contribution in [3.05, 3.63) is 76.6 Å². The number of nitrogens with one attached hydrogen (secondary N) is 2. The Morgan fingerprint density at radius 3 is 2.50 bits per heavy atom. The second-order valence-electron chi connectivity index (χ2n) is 6.28. The number of alkyl halides is 3. The van der Waals surface area contributed by atoms with Gasteiger partial charge in [0.25, 0.3) is 5.91 Å². The zero-order valence-corrected chi connectivity index (χ0v) is 15.8. The van der Waals surface area contributed by atoms with Gasteiger partial charge in [0.05, 0.1) is 28.0 Å². The van der Waals surface area contributed by atoms with Crippen molar-refractivity contribution in [2.45, 2.75) is 6.18 Å². The van der Waals surface area contributed by atoms with E-state index in [4.69, 9.17) is 5.41 Å². The summed E-state index contributed by atoms with van der Waals surface area (Å²) >= 11 is 0.752. The first-order valence-corrected chi connectivity index (χ1v) is 9.35. The third-order valence-corrected chi connectivity index (χ3v) is 5.25. The van der Waals surface area contributed by atoms with Crippen molar-refractivity contribution < 1.29 is 22.4 Å². The van der Waals surface area contributed by atoms with Gasteiger partial charge in [0, 0.05) is 11.1 Å². The molecule has 0 aliphatic carbocycles. The molecular formula is C20H12F4N4OS. The van der Waals surface area contributed by atoms with Crippen molar-refractivity contribution in [2.75, 3.05) is 4.90 Å². The molecule has 1 amide bonds. The summed E-state index contributed by atoms with van der Waals surface area (Å²) < 4.78 is 53.3. The number of anilines is 1. The van der Waals surface area contributed by atoms with Crippen LogP contribution in [0.2, 0.25) is 0 Å². The van der Waals surface area contributed by atoms with Crippen molar-refractivity contribution in [3.63, 3.8) is 0 Å². The van der Waals surface area contributed by atoms with Crippen molar-refractivity contribution in [1.29, 1.82) is 5.41 Å². The van der Waals surface area contributed by atoms with E-state index in [2.05, 4.69) is 10.2 Å². The van der Waals surface area contributed by atoms with Gasteiger partial charge in [0.2, 0.25) is 0 Å². The Labute approximate surface area is 171 Å². The molecule has 1 aromatic heterocycles. The Morgan fingerprint density at radius 2 is 1.80 bits per heavy atom. The highest BCUT2D eigenvalue weighted by molar-refractivity contribution is 8.19. The molecule has 2 heterocycles. The molecule has 0 bridgehead atoms. The van der Waals surface area contributed by atoms with Crippen LogP contribution >= 0.6 is 11.8 Å². The quantitative estimate of drug-likeness (QED) is 0.436. The van der Waals surface area contributed by atoms with Gasteiger partial charge in [0.15, 0.2) is 5.17 Å². The topological polar surface area (TPSA) is 72.8 Å². The molecule has 152 valence electrons. The fourth-order valence-electron chi connectivity index (χ4n) is 3.01. The van der Waals surface area contributed by atoms with Gasteiger partial charge in [-0.3, -0.25) is 20.2 Å². The first-order valence-electron chi connectivity index (χ1n) is 8.54. The van der Waals surface area contributed by atoms with E-state index in [9.17, 15) is 22.4 Å². The number of hydrogen-bond donors (Lipinski definition) is 2. The minimum absolute atomic E-state index is 0.0711. The molecule has 0 radical (unpaired) electrons. The maximum atomic E-state index is 13.4. The van der Waals surface area contributed by atoms with Gasteiger partial charge in [0.1, 0.15) is 5.82 Å². The van der Waals surface area contributed by atoms with Gasteiger partial charge in [-0.1, -0.05) is 12.1 Å². The molecule has 0 spiro atoms. The molecule has 0 saturated carbocycles. The number of amides is 1. The molecule has 0 atom stereocenters. The lowest BCUT2D eigenvalue weighted by Crippen LogP contribution is -2.30. The molecule has 2 aromatic carbocycles. The number of thioether (sulfide) groups is 1. The van der Waals surface area contributed by atoms with E-state index in [-0.39, 0.29) is 10.1 Å². The summed E-state index contributed by atoms with van der Waals surface area (Å²) in [5, 5.41) is 14.4. The minimum Gasteiger partial charge on any atom is -0.278 e. The van der Waals surface area contributed by atoms with Gasteiger partial charge in [-0.05, 0) is 54.2 Å². The number of H-pyrrole nitrogens is 1. The predicted molar refractivity (Wildman–Crippen MR) is 106 cm³/mol. The lowest BCUT2D eigenvalue weighted by Gasteiger charge is -2.19. The third kappa shape index (κ3) is 3.61. The molecular weight excluding hydrogens is 420 g/mol. The maximum Gasteiger partial charge on any atom is 0.418 e. The number of amidine groups is 1. The number of carbonyl (C=O) groups is 1. The number of benzene rings is 2. The van der Waals surface area contributed by atoms with Gasteiger partial charge in [-0.2, -0.15) is 18.3 Å². The van der Waals surface area contributed by atoms with Gasteiger partial charge < -0.3 is 0 Å². The summed E-state index contributed by atoms with van der Waals surface area (Å²) in [5.41, 5.74) is 0.209. The molecule has 3 aromatic rings. The normalized spacial score (nSPS) is 16.0. The van der Waals surface area contributed by atoms with Crippen LogP contribution in [0, 0.1) is 11.2 Å². The summed E-state index contributed by atoms with van der Waals surface area (Å²) in [5.74, 6) is -1.15. The average molecular weight is 432 g/mol. The molecule has 1 fully saturated rings. The van der Waals surface area contributed by atoms with E-state index in [1.807, 2.05) is 0 Å². The minimum atomic E-state index is -4.67. The highest BCUT2D eigenvalue weighted by Crippen LogP contribution is 2.42. The molecule has 5 nitrogen and oxygen atoms in total. The SMILES string of the molecule is N=C1SC(=Cc2cn[nH]c2-c2ccc(F)cc2)C(=O)N1c1ccccc1C(F)(F)F. The largest absolute Gasteiger partial charge is 0.418 e. The van der Waals surface area contributed by atoms with Crippen LogP contribution in [0.5, 0.6) is 0 Å². The molecule has 0 unspecified atom stereocenters. The highest BCUT2D eigenvalue weighted by Gasteiger charge is 2.40. The number of rotatable bonds is 3. The third-order valence-electron chi connectivity index (χ3n) is 4.36. The van der Waals surface area contributed by atoms with Crippen molar-refractivity contribution in [1.82, 2.24) is 10.2 Å². The fourth-order valence-corrected chi connectivity index (χ4v) is 3.85. The number of carbonyl (C=O) groups excluding carboxylic acids is 1. The van der Waals surface area contributed by atoms with Gasteiger partial charge >= 0.3 is 6.18 Å². The first kappa shape index (κ1) is 19.9. The number of hydrogen-bond acceptors (Lipinski definition) is 4. The van der Waals surface area contributed by atoms with E-state index in [0.29, 0.717) is 16.8 Å². The predicted octanol–water partition coefficient (Wildman–Crippen LogP) is 5.29. The van der Waals surface area contributed by atoms with Crippen molar-refractivity contribution >= 4 is 34.6 Å². The second-order valence-corrected chi connectivity index (χ2v) is 7.31. The number of halogens is 4. The molecule has 2 N–H and O–H groups in total. The lowest BCUT2D eigenvalue weighted by molar-refractivity contribution is -0.137. The van der Waals surface area contributed by atoms with E-state index in [0.717, 1.165) is 28.8 Å². The summed E-state index contributed by atoms with van der Waals surface area (Å²) in [6, 6.07) is 10.2. The summed E-state index contributed by atoms with van der Waals surface area (Å²) in [7, 11) is 0. The maximum absolute atomic E-state index is 13.4. The van der Waals surface area contributed by atoms with Crippen LogP contribution in [0.4, 0.5) is 23.2 Å². The van der Waals surface area contributed by atoms with E-state index >= 15 is 0 Å². The fraction of sp³-hybridized carbons (Fsp3) is 0.0500. The molecule has 1 aliphatic heterocycles. The first-order chi connectivity index (χ1) is 14.3. The Kier molecular flexibility index (Phi) is 4.94. The lowest BCUT2D eigenvalue weighted by atomic mass is 10.1. The highest BCUT2D eigenvalue weighted by atomic mass is 32.2. The Hall–Kier alpha value is -3.40. The van der Waals surface area contributed by atoms with Crippen LogP contribution in [-0.4, -0.2) is 21.3 Å². The molecule has 10 heteroatoms.